The Hall–Kier alpha value is -1.69. The second kappa shape index (κ2) is 5.97. The maximum Gasteiger partial charge on any atom is 0.146 e. The van der Waals surface area contributed by atoms with Crippen molar-refractivity contribution in [1.82, 2.24) is 9.97 Å². The predicted molar refractivity (Wildman–Crippen MR) is 85.2 cm³/mol. The maximum atomic E-state index is 13.9. The lowest BCUT2D eigenvalue weighted by Crippen LogP contribution is -2.52. The Labute approximate surface area is 131 Å². The van der Waals surface area contributed by atoms with E-state index >= 15 is 0 Å². The van der Waals surface area contributed by atoms with Gasteiger partial charge < -0.3 is 9.80 Å². The molecule has 0 bridgehead atoms. The van der Waals surface area contributed by atoms with Crippen molar-refractivity contribution in [2.45, 2.75) is 13.0 Å². The zero-order valence-electron chi connectivity index (χ0n) is 11.7. The third-order valence-electron chi connectivity index (χ3n) is 3.73. The van der Waals surface area contributed by atoms with Crippen molar-refractivity contribution in [3.63, 3.8) is 0 Å². The molecule has 2 heterocycles. The Morgan fingerprint density at radius 3 is 2.76 bits per heavy atom. The van der Waals surface area contributed by atoms with E-state index in [9.17, 15) is 4.39 Å². The van der Waals surface area contributed by atoms with Crippen LogP contribution in [0, 0.1) is 5.82 Å². The molecule has 1 fully saturated rings. The lowest BCUT2D eigenvalue weighted by Gasteiger charge is -2.41. The van der Waals surface area contributed by atoms with Crippen molar-refractivity contribution >= 4 is 27.4 Å². The van der Waals surface area contributed by atoms with Crippen LogP contribution in [0.5, 0.6) is 0 Å². The van der Waals surface area contributed by atoms with E-state index < -0.39 is 0 Å². The van der Waals surface area contributed by atoms with Crippen LogP contribution in [-0.4, -0.2) is 35.6 Å². The summed E-state index contributed by atoms with van der Waals surface area (Å²) in [7, 11) is 0. The standard InChI is InChI=1S/C15H16BrFN4/c1-11-9-20(13-5-3-2-4-12(13)17)6-7-21(11)15-8-14(16)18-10-19-15/h2-5,8,10-11H,6-7,9H2,1H3. The van der Waals surface area contributed by atoms with Gasteiger partial charge in [-0.2, -0.15) is 0 Å². The molecule has 1 unspecified atom stereocenters. The molecule has 1 atom stereocenters. The highest BCUT2D eigenvalue weighted by Gasteiger charge is 2.26. The van der Waals surface area contributed by atoms with Crippen LogP contribution in [0.15, 0.2) is 41.3 Å². The summed E-state index contributed by atoms with van der Waals surface area (Å²) in [4.78, 5) is 12.7. The summed E-state index contributed by atoms with van der Waals surface area (Å²) in [5.74, 6) is 0.737. The van der Waals surface area contributed by atoms with Crippen LogP contribution in [0.1, 0.15) is 6.92 Å². The molecule has 1 saturated heterocycles. The molecular formula is C15H16BrFN4. The number of hydrogen-bond acceptors (Lipinski definition) is 4. The van der Waals surface area contributed by atoms with Crippen LogP contribution in [0.4, 0.5) is 15.9 Å². The molecule has 3 rings (SSSR count). The summed E-state index contributed by atoms with van der Waals surface area (Å²) < 4.78 is 14.7. The summed E-state index contributed by atoms with van der Waals surface area (Å²) in [6.07, 6.45) is 1.55. The number of hydrogen-bond donors (Lipinski definition) is 0. The highest BCUT2D eigenvalue weighted by Crippen LogP contribution is 2.25. The number of benzene rings is 1. The topological polar surface area (TPSA) is 32.3 Å². The van der Waals surface area contributed by atoms with Gasteiger partial charge in [-0.3, -0.25) is 0 Å². The fourth-order valence-corrected chi connectivity index (χ4v) is 3.00. The minimum atomic E-state index is -0.164. The highest BCUT2D eigenvalue weighted by atomic mass is 79.9. The predicted octanol–water partition coefficient (Wildman–Crippen LogP) is 3.09. The summed E-state index contributed by atoms with van der Waals surface area (Å²) in [5.41, 5.74) is 0.674. The van der Waals surface area contributed by atoms with Crippen LogP contribution >= 0.6 is 15.9 Å². The first-order chi connectivity index (χ1) is 10.1. The Kier molecular flexibility index (Phi) is 4.05. The average molecular weight is 351 g/mol. The summed E-state index contributed by atoms with van der Waals surface area (Å²) in [5, 5.41) is 0. The maximum absolute atomic E-state index is 13.9. The summed E-state index contributed by atoms with van der Waals surface area (Å²) >= 11 is 3.37. The monoisotopic (exact) mass is 350 g/mol. The molecule has 0 saturated carbocycles. The molecule has 110 valence electrons. The number of rotatable bonds is 2. The van der Waals surface area contributed by atoms with Gasteiger partial charge in [-0.1, -0.05) is 12.1 Å². The third kappa shape index (κ3) is 3.00. The van der Waals surface area contributed by atoms with Crippen LogP contribution in [0.2, 0.25) is 0 Å². The van der Waals surface area contributed by atoms with Gasteiger partial charge in [0, 0.05) is 31.7 Å². The van der Waals surface area contributed by atoms with Crippen molar-refractivity contribution in [2.24, 2.45) is 0 Å². The van der Waals surface area contributed by atoms with Gasteiger partial charge in [-0.25, -0.2) is 14.4 Å². The molecule has 2 aromatic rings. The smallest absolute Gasteiger partial charge is 0.146 e. The number of piperazine rings is 1. The van der Waals surface area contributed by atoms with Crippen LogP contribution in [0.25, 0.3) is 0 Å². The first kappa shape index (κ1) is 14.3. The Balaban J connectivity index is 1.77. The third-order valence-corrected chi connectivity index (χ3v) is 4.17. The number of aromatic nitrogens is 2. The zero-order valence-corrected chi connectivity index (χ0v) is 13.3. The lowest BCUT2D eigenvalue weighted by molar-refractivity contribution is 0.533. The van der Waals surface area contributed by atoms with Gasteiger partial charge in [-0.15, -0.1) is 0 Å². The van der Waals surface area contributed by atoms with E-state index in [0.29, 0.717) is 5.69 Å². The van der Waals surface area contributed by atoms with E-state index in [1.54, 1.807) is 12.4 Å². The Morgan fingerprint density at radius 1 is 1.24 bits per heavy atom. The lowest BCUT2D eigenvalue weighted by atomic mass is 10.1. The molecule has 0 amide bonds. The van der Waals surface area contributed by atoms with E-state index in [-0.39, 0.29) is 11.9 Å². The average Bonchev–Trinajstić information content (AvgIpc) is 2.47. The van der Waals surface area contributed by atoms with Gasteiger partial charge in [-0.05, 0) is 35.0 Å². The van der Waals surface area contributed by atoms with E-state index in [1.165, 1.54) is 6.07 Å². The first-order valence-electron chi connectivity index (χ1n) is 6.89. The molecule has 1 aliphatic heterocycles. The number of nitrogens with zero attached hydrogens (tertiary/aromatic N) is 4. The van der Waals surface area contributed by atoms with Crippen molar-refractivity contribution in [3.8, 4) is 0 Å². The number of halogens is 2. The zero-order chi connectivity index (χ0) is 14.8. The van der Waals surface area contributed by atoms with Crippen molar-refractivity contribution in [3.05, 3.63) is 47.1 Å². The van der Waals surface area contributed by atoms with E-state index in [2.05, 4.69) is 42.6 Å². The second-order valence-corrected chi connectivity index (χ2v) is 5.95. The number of anilines is 2. The van der Waals surface area contributed by atoms with Gasteiger partial charge in [0.05, 0.1) is 5.69 Å². The Morgan fingerprint density at radius 2 is 2.05 bits per heavy atom. The summed E-state index contributed by atoms with van der Waals surface area (Å²) in [6.45, 7) is 4.47. The van der Waals surface area contributed by atoms with Crippen molar-refractivity contribution in [2.75, 3.05) is 29.4 Å². The van der Waals surface area contributed by atoms with Crippen molar-refractivity contribution in [1.29, 1.82) is 0 Å². The molecule has 1 aliphatic rings. The van der Waals surface area contributed by atoms with E-state index in [1.807, 2.05) is 18.2 Å². The van der Waals surface area contributed by atoms with E-state index in [0.717, 1.165) is 30.1 Å². The molecule has 6 heteroatoms. The SMILES string of the molecule is CC1CN(c2ccccc2F)CCN1c1cc(Br)ncn1. The van der Waals surface area contributed by atoms with Gasteiger partial charge in [0.25, 0.3) is 0 Å². The van der Waals surface area contributed by atoms with Gasteiger partial charge in [0.1, 0.15) is 22.6 Å². The quantitative estimate of drug-likeness (QED) is 0.779. The molecule has 0 radical (unpaired) electrons. The molecule has 0 aliphatic carbocycles. The molecule has 0 N–H and O–H groups in total. The van der Waals surface area contributed by atoms with E-state index in [4.69, 9.17) is 0 Å². The molecule has 1 aromatic heterocycles. The molecule has 1 aromatic carbocycles. The largest absolute Gasteiger partial charge is 0.365 e. The molecule has 0 spiro atoms. The minimum Gasteiger partial charge on any atom is -0.365 e. The molecular weight excluding hydrogens is 335 g/mol. The van der Waals surface area contributed by atoms with Gasteiger partial charge in [0.15, 0.2) is 0 Å². The number of para-hydroxylation sites is 1. The van der Waals surface area contributed by atoms with Gasteiger partial charge >= 0.3 is 0 Å². The summed E-state index contributed by atoms with van der Waals surface area (Å²) in [6, 6.07) is 9.09. The fraction of sp³-hybridized carbons (Fsp3) is 0.333. The van der Waals surface area contributed by atoms with Gasteiger partial charge in [0.2, 0.25) is 0 Å². The highest BCUT2D eigenvalue weighted by molar-refractivity contribution is 9.10. The van der Waals surface area contributed by atoms with Crippen LogP contribution in [0.3, 0.4) is 0 Å². The normalized spacial score (nSPS) is 18.9. The molecule has 21 heavy (non-hydrogen) atoms. The fourth-order valence-electron chi connectivity index (χ4n) is 2.71. The van der Waals surface area contributed by atoms with Crippen molar-refractivity contribution < 1.29 is 4.39 Å². The first-order valence-corrected chi connectivity index (χ1v) is 7.68. The van der Waals surface area contributed by atoms with Crippen LogP contribution in [-0.2, 0) is 0 Å². The Bertz CT molecular complexity index is 637. The second-order valence-electron chi connectivity index (χ2n) is 5.14. The minimum absolute atomic E-state index is 0.164. The van der Waals surface area contributed by atoms with Crippen LogP contribution < -0.4 is 9.80 Å². The molecule has 4 nitrogen and oxygen atoms in total.